The summed E-state index contributed by atoms with van der Waals surface area (Å²) in [5, 5.41) is 11.6. The second-order valence-electron chi connectivity index (χ2n) is 6.33. The quantitative estimate of drug-likeness (QED) is 0.901. The van der Waals surface area contributed by atoms with E-state index in [0.29, 0.717) is 31.7 Å². The Bertz CT molecular complexity index is 857. The molecule has 27 heavy (non-hydrogen) atoms. The number of pyridine rings is 1. The monoisotopic (exact) mass is 371 g/mol. The molecule has 1 N–H and O–H groups in total. The molecule has 1 aromatic carbocycles. The average Bonchev–Trinajstić information content (AvgIpc) is 2.68. The van der Waals surface area contributed by atoms with Crippen molar-refractivity contribution < 1.29 is 13.6 Å². The van der Waals surface area contributed by atoms with Gasteiger partial charge in [0.25, 0.3) is 0 Å². The molecule has 1 saturated heterocycles. The van der Waals surface area contributed by atoms with Crippen LogP contribution in [0.15, 0.2) is 36.5 Å². The van der Waals surface area contributed by atoms with E-state index < -0.39 is 17.7 Å². The zero-order chi connectivity index (χ0) is 19.4. The number of carbonyl (C=O) groups excluding carboxylic acids is 1. The summed E-state index contributed by atoms with van der Waals surface area (Å²) in [7, 11) is 0. The molecular weight excluding hydrogens is 352 g/mol. The van der Waals surface area contributed by atoms with E-state index >= 15 is 0 Å². The van der Waals surface area contributed by atoms with Gasteiger partial charge in [-0.15, -0.1) is 0 Å². The van der Waals surface area contributed by atoms with Gasteiger partial charge >= 0.3 is 6.03 Å². The number of benzene rings is 1. The molecule has 0 aliphatic carbocycles. The number of nitrogens with one attached hydrogen (secondary N) is 1. The summed E-state index contributed by atoms with van der Waals surface area (Å²) in [6.45, 7) is 3.85. The molecule has 6 nitrogen and oxygen atoms in total. The molecule has 8 heteroatoms. The maximum absolute atomic E-state index is 13.8. The molecule has 0 unspecified atom stereocenters. The molecule has 3 rings (SSSR count). The number of amides is 2. The SMILES string of the molecule is C[C@@H](NC(=O)N1CCN(c2ccc(C#N)cn2)CC1)c1ccc(F)cc1F. The van der Waals surface area contributed by atoms with Crippen molar-refractivity contribution in [3.63, 3.8) is 0 Å². The van der Waals surface area contributed by atoms with Gasteiger partial charge in [0.1, 0.15) is 23.5 Å². The summed E-state index contributed by atoms with van der Waals surface area (Å²) in [5.41, 5.74) is 0.740. The first-order valence-electron chi connectivity index (χ1n) is 8.59. The lowest BCUT2D eigenvalue weighted by atomic mass is 10.1. The number of piperazine rings is 1. The maximum atomic E-state index is 13.8. The molecule has 1 fully saturated rings. The number of nitriles is 1. The number of rotatable bonds is 3. The lowest BCUT2D eigenvalue weighted by Gasteiger charge is -2.36. The number of anilines is 1. The fourth-order valence-electron chi connectivity index (χ4n) is 2.98. The van der Waals surface area contributed by atoms with Crippen molar-refractivity contribution in [3.8, 4) is 6.07 Å². The van der Waals surface area contributed by atoms with E-state index in [0.717, 1.165) is 11.9 Å². The molecular formula is C19H19F2N5O. The third kappa shape index (κ3) is 4.31. The Morgan fingerprint density at radius 2 is 1.96 bits per heavy atom. The third-order valence-electron chi connectivity index (χ3n) is 4.54. The van der Waals surface area contributed by atoms with E-state index in [1.165, 1.54) is 18.3 Å². The minimum absolute atomic E-state index is 0.241. The first kappa shape index (κ1) is 18.6. The van der Waals surface area contributed by atoms with Crippen molar-refractivity contribution in [2.24, 2.45) is 0 Å². The molecule has 2 aromatic rings. The molecule has 0 radical (unpaired) electrons. The van der Waals surface area contributed by atoms with Crippen LogP contribution in [0.2, 0.25) is 0 Å². The highest BCUT2D eigenvalue weighted by Crippen LogP contribution is 2.19. The summed E-state index contributed by atoms with van der Waals surface area (Å²) >= 11 is 0. The first-order valence-corrected chi connectivity index (χ1v) is 8.59. The summed E-state index contributed by atoms with van der Waals surface area (Å²) < 4.78 is 26.9. The molecule has 2 amide bonds. The van der Waals surface area contributed by atoms with Gasteiger partial charge in [0.05, 0.1) is 11.6 Å². The van der Waals surface area contributed by atoms with Gasteiger partial charge in [-0.25, -0.2) is 18.6 Å². The summed E-state index contributed by atoms with van der Waals surface area (Å²) in [5.74, 6) is -0.572. The molecule has 1 aliphatic heterocycles. The van der Waals surface area contributed by atoms with Crippen LogP contribution in [-0.2, 0) is 0 Å². The van der Waals surface area contributed by atoms with Crippen molar-refractivity contribution in [2.75, 3.05) is 31.1 Å². The highest BCUT2D eigenvalue weighted by molar-refractivity contribution is 5.75. The standard InChI is InChI=1S/C19H19F2N5O/c1-13(16-4-3-15(20)10-17(16)21)24-19(27)26-8-6-25(7-9-26)18-5-2-14(11-22)12-23-18/h2-5,10,12-13H,6-9H2,1H3,(H,24,27)/t13-/m1/s1. The summed E-state index contributed by atoms with van der Waals surface area (Å²) in [6, 6.07) is 7.97. The second kappa shape index (κ2) is 7.99. The van der Waals surface area contributed by atoms with Crippen LogP contribution in [0.5, 0.6) is 0 Å². The van der Waals surface area contributed by atoms with Gasteiger partial charge < -0.3 is 15.1 Å². The van der Waals surface area contributed by atoms with Crippen molar-refractivity contribution in [1.82, 2.24) is 15.2 Å². The number of urea groups is 1. The van der Waals surface area contributed by atoms with Crippen LogP contribution >= 0.6 is 0 Å². The molecule has 0 bridgehead atoms. The normalized spacial score (nSPS) is 15.2. The zero-order valence-corrected chi connectivity index (χ0v) is 14.8. The second-order valence-corrected chi connectivity index (χ2v) is 6.33. The Labute approximate surface area is 156 Å². The van der Waals surface area contributed by atoms with E-state index in [-0.39, 0.29) is 11.6 Å². The number of hydrogen-bond acceptors (Lipinski definition) is 4. The summed E-state index contributed by atoms with van der Waals surface area (Å²) in [6.07, 6.45) is 1.52. The minimum atomic E-state index is -0.681. The van der Waals surface area contributed by atoms with Crippen LogP contribution in [-0.4, -0.2) is 42.1 Å². The van der Waals surface area contributed by atoms with Crippen LogP contribution in [0.4, 0.5) is 19.4 Å². The Hall–Kier alpha value is -3.21. The third-order valence-corrected chi connectivity index (χ3v) is 4.54. The summed E-state index contributed by atoms with van der Waals surface area (Å²) in [4.78, 5) is 20.4. The Balaban J connectivity index is 1.55. The van der Waals surface area contributed by atoms with Crippen LogP contribution in [0.1, 0.15) is 24.1 Å². The van der Waals surface area contributed by atoms with E-state index in [2.05, 4.69) is 10.3 Å². The van der Waals surface area contributed by atoms with E-state index in [1.54, 1.807) is 24.0 Å². The van der Waals surface area contributed by atoms with Crippen LogP contribution in [0, 0.1) is 23.0 Å². The van der Waals surface area contributed by atoms with Crippen LogP contribution in [0.25, 0.3) is 0 Å². The van der Waals surface area contributed by atoms with Crippen LogP contribution < -0.4 is 10.2 Å². The minimum Gasteiger partial charge on any atom is -0.353 e. The fraction of sp³-hybridized carbons (Fsp3) is 0.316. The van der Waals surface area contributed by atoms with Crippen molar-refractivity contribution in [2.45, 2.75) is 13.0 Å². The van der Waals surface area contributed by atoms with Gasteiger partial charge in [-0.3, -0.25) is 0 Å². The fourth-order valence-corrected chi connectivity index (χ4v) is 2.98. The smallest absolute Gasteiger partial charge is 0.317 e. The number of aromatic nitrogens is 1. The molecule has 1 atom stereocenters. The number of hydrogen-bond donors (Lipinski definition) is 1. The predicted molar refractivity (Wildman–Crippen MR) is 96.0 cm³/mol. The zero-order valence-electron chi connectivity index (χ0n) is 14.8. The Morgan fingerprint density at radius 1 is 1.22 bits per heavy atom. The van der Waals surface area contributed by atoms with E-state index in [9.17, 15) is 13.6 Å². The molecule has 140 valence electrons. The lowest BCUT2D eigenvalue weighted by Crippen LogP contribution is -2.52. The largest absolute Gasteiger partial charge is 0.353 e. The van der Waals surface area contributed by atoms with Crippen molar-refractivity contribution in [1.29, 1.82) is 5.26 Å². The maximum Gasteiger partial charge on any atom is 0.317 e. The lowest BCUT2D eigenvalue weighted by molar-refractivity contribution is 0.191. The number of halogens is 2. The van der Waals surface area contributed by atoms with Gasteiger partial charge in [-0.05, 0) is 25.1 Å². The van der Waals surface area contributed by atoms with E-state index in [1.807, 2.05) is 11.0 Å². The molecule has 1 aromatic heterocycles. The predicted octanol–water partition coefficient (Wildman–Crippen LogP) is 2.82. The van der Waals surface area contributed by atoms with E-state index in [4.69, 9.17) is 5.26 Å². The van der Waals surface area contributed by atoms with Crippen LogP contribution in [0.3, 0.4) is 0 Å². The van der Waals surface area contributed by atoms with Gasteiger partial charge in [0, 0.05) is 44.0 Å². The number of nitrogens with zero attached hydrogens (tertiary/aromatic N) is 4. The molecule has 2 heterocycles. The van der Waals surface area contributed by atoms with Crippen molar-refractivity contribution in [3.05, 3.63) is 59.3 Å². The topological polar surface area (TPSA) is 72.3 Å². The highest BCUT2D eigenvalue weighted by Gasteiger charge is 2.23. The molecule has 0 spiro atoms. The van der Waals surface area contributed by atoms with Gasteiger partial charge in [0.15, 0.2) is 0 Å². The molecule has 0 saturated carbocycles. The van der Waals surface area contributed by atoms with Gasteiger partial charge in [0.2, 0.25) is 0 Å². The van der Waals surface area contributed by atoms with Crippen molar-refractivity contribution >= 4 is 11.8 Å². The molecule has 1 aliphatic rings. The average molecular weight is 371 g/mol. The highest BCUT2D eigenvalue weighted by atomic mass is 19.1. The number of carbonyl (C=O) groups is 1. The first-order chi connectivity index (χ1) is 13.0. The van der Waals surface area contributed by atoms with Gasteiger partial charge in [-0.1, -0.05) is 6.07 Å². The Morgan fingerprint density at radius 3 is 2.56 bits per heavy atom. The Kier molecular flexibility index (Phi) is 5.50. The van der Waals surface area contributed by atoms with Gasteiger partial charge in [-0.2, -0.15) is 5.26 Å².